The van der Waals surface area contributed by atoms with Gasteiger partial charge in [0.25, 0.3) is 0 Å². The summed E-state index contributed by atoms with van der Waals surface area (Å²) in [6.45, 7) is 5.36. The zero-order chi connectivity index (χ0) is 18.0. The Morgan fingerprint density at radius 1 is 1.00 bits per heavy atom. The summed E-state index contributed by atoms with van der Waals surface area (Å²) in [7, 11) is -3.77. The Morgan fingerprint density at radius 2 is 1.72 bits per heavy atom. The van der Waals surface area contributed by atoms with Gasteiger partial charge in [-0.2, -0.15) is 4.72 Å². The van der Waals surface area contributed by atoms with Crippen molar-refractivity contribution >= 4 is 10.0 Å². The largest absolute Gasteiger partial charge is 0.423 e. The van der Waals surface area contributed by atoms with E-state index in [1.807, 2.05) is 43.3 Å². The number of nitrogens with zero attached hydrogens (tertiary/aromatic N) is 2. The highest BCUT2D eigenvalue weighted by Gasteiger charge is 2.27. The molecule has 25 heavy (non-hydrogen) atoms. The van der Waals surface area contributed by atoms with E-state index in [9.17, 15) is 8.42 Å². The van der Waals surface area contributed by atoms with Gasteiger partial charge in [-0.25, -0.2) is 8.42 Å². The van der Waals surface area contributed by atoms with Crippen molar-refractivity contribution < 1.29 is 12.8 Å². The van der Waals surface area contributed by atoms with E-state index in [0.29, 0.717) is 11.5 Å². The summed E-state index contributed by atoms with van der Waals surface area (Å²) >= 11 is 0. The highest BCUT2D eigenvalue weighted by molar-refractivity contribution is 7.89. The summed E-state index contributed by atoms with van der Waals surface area (Å²) in [4.78, 5) is 0.232. The highest BCUT2D eigenvalue weighted by Crippen LogP contribution is 2.25. The second-order valence-corrected chi connectivity index (χ2v) is 7.58. The van der Waals surface area contributed by atoms with Crippen LogP contribution >= 0.6 is 0 Å². The van der Waals surface area contributed by atoms with Gasteiger partial charge in [-0.15, -0.1) is 10.2 Å². The molecule has 1 heterocycles. The third-order valence-electron chi connectivity index (χ3n) is 3.81. The fourth-order valence-corrected chi connectivity index (χ4v) is 4.06. The van der Waals surface area contributed by atoms with Crippen LogP contribution in [0.2, 0.25) is 0 Å². The number of sulfonamides is 1. The Labute approximate surface area is 147 Å². The molecule has 0 bridgehead atoms. The molecule has 3 aromatic rings. The van der Waals surface area contributed by atoms with Gasteiger partial charge >= 0.3 is 0 Å². The monoisotopic (exact) mass is 357 g/mol. The second kappa shape index (κ2) is 6.78. The van der Waals surface area contributed by atoms with Crippen LogP contribution in [-0.2, 0) is 10.0 Å². The van der Waals surface area contributed by atoms with Crippen LogP contribution in [0.25, 0.3) is 0 Å². The van der Waals surface area contributed by atoms with E-state index in [4.69, 9.17) is 4.42 Å². The molecule has 0 aliphatic rings. The molecule has 0 spiro atoms. The zero-order valence-electron chi connectivity index (χ0n) is 14.2. The third kappa shape index (κ3) is 3.78. The lowest BCUT2D eigenvalue weighted by molar-refractivity contribution is 0.436. The molecule has 0 aliphatic heterocycles. The molecular weight excluding hydrogens is 338 g/mol. The smallest absolute Gasteiger partial charge is 0.241 e. The molecule has 0 aliphatic carbocycles. The maximum atomic E-state index is 12.9. The first-order valence-electron chi connectivity index (χ1n) is 7.81. The maximum Gasteiger partial charge on any atom is 0.241 e. The van der Waals surface area contributed by atoms with E-state index in [1.54, 1.807) is 26.0 Å². The van der Waals surface area contributed by atoms with Crippen LogP contribution in [0.3, 0.4) is 0 Å². The molecule has 130 valence electrons. The Morgan fingerprint density at radius 3 is 2.32 bits per heavy atom. The molecule has 3 rings (SSSR count). The fraction of sp³-hybridized carbons (Fsp3) is 0.222. The van der Waals surface area contributed by atoms with E-state index in [0.717, 1.165) is 11.1 Å². The van der Waals surface area contributed by atoms with Gasteiger partial charge in [-0.3, -0.25) is 0 Å². The van der Waals surface area contributed by atoms with Gasteiger partial charge in [0.05, 0.1) is 4.90 Å². The standard InChI is InChI=1S/C18H19N3O3S/c1-12-9-10-16(13(2)11-12)25(22,23)21-17(15-7-5-4-6-8-15)18-20-19-14(3)24-18/h4-11,17,21H,1-3H3. The minimum Gasteiger partial charge on any atom is -0.423 e. The first-order valence-corrected chi connectivity index (χ1v) is 9.29. The highest BCUT2D eigenvalue weighted by atomic mass is 32.2. The van der Waals surface area contributed by atoms with Crippen LogP contribution in [0.1, 0.15) is 34.5 Å². The van der Waals surface area contributed by atoms with Gasteiger partial charge in [0, 0.05) is 6.92 Å². The van der Waals surface area contributed by atoms with Gasteiger partial charge in [-0.05, 0) is 31.0 Å². The van der Waals surface area contributed by atoms with E-state index in [2.05, 4.69) is 14.9 Å². The summed E-state index contributed by atoms with van der Waals surface area (Å²) in [5, 5.41) is 7.81. The van der Waals surface area contributed by atoms with Crippen LogP contribution < -0.4 is 4.72 Å². The third-order valence-corrected chi connectivity index (χ3v) is 5.40. The van der Waals surface area contributed by atoms with Crippen LogP contribution in [0.15, 0.2) is 57.8 Å². The maximum absolute atomic E-state index is 12.9. The summed E-state index contributed by atoms with van der Waals surface area (Å²) in [5.41, 5.74) is 2.41. The number of nitrogens with one attached hydrogen (secondary N) is 1. The lowest BCUT2D eigenvalue weighted by atomic mass is 10.1. The minimum absolute atomic E-state index is 0.206. The van der Waals surface area contributed by atoms with Crippen LogP contribution in [-0.4, -0.2) is 18.6 Å². The number of aryl methyl sites for hydroxylation is 3. The van der Waals surface area contributed by atoms with E-state index in [-0.39, 0.29) is 10.8 Å². The quantitative estimate of drug-likeness (QED) is 0.758. The number of hydrogen-bond acceptors (Lipinski definition) is 5. The van der Waals surface area contributed by atoms with Crippen molar-refractivity contribution in [2.75, 3.05) is 0 Å². The van der Waals surface area contributed by atoms with E-state index >= 15 is 0 Å². The van der Waals surface area contributed by atoms with Gasteiger partial charge < -0.3 is 4.42 Å². The van der Waals surface area contributed by atoms with Crippen LogP contribution in [0.4, 0.5) is 0 Å². The molecule has 0 fully saturated rings. The SMILES string of the molecule is Cc1ccc(S(=O)(=O)NC(c2ccccc2)c2nnc(C)o2)c(C)c1. The molecule has 0 saturated heterocycles. The first-order chi connectivity index (χ1) is 11.9. The Bertz CT molecular complexity index is 982. The predicted octanol–water partition coefficient (Wildman–Crippen LogP) is 3.06. The van der Waals surface area contributed by atoms with Crippen LogP contribution in [0.5, 0.6) is 0 Å². The van der Waals surface area contributed by atoms with Gasteiger partial charge in [0.1, 0.15) is 6.04 Å². The van der Waals surface area contributed by atoms with Gasteiger partial charge in [-0.1, -0.05) is 48.0 Å². The normalized spacial score (nSPS) is 12.9. The topological polar surface area (TPSA) is 85.1 Å². The molecule has 0 saturated carbocycles. The lowest BCUT2D eigenvalue weighted by Gasteiger charge is -2.17. The van der Waals surface area contributed by atoms with E-state index < -0.39 is 16.1 Å². The summed E-state index contributed by atoms with van der Waals surface area (Å²) < 4.78 is 34.0. The zero-order valence-corrected chi connectivity index (χ0v) is 15.0. The first kappa shape index (κ1) is 17.3. The molecule has 6 nitrogen and oxygen atoms in total. The van der Waals surface area contributed by atoms with Crippen molar-refractivity contribution in [2.24, 2.45) is 0 Å². The van der Waals surface area contributed by atoms with Crippen molar-refractivity contribution in [1.29, 1.82) is 0 Å². The van der Waals surface area contributed by atoms with Crippen molar-refractivity contribution in [2.45, 2.75) is 31.7 Å². The van der Waals surface area contributed by atoms with Crippen molar-refractivity contribution in [3.05, 3.63) is 77.0 Å². The second-order valence-electron chi connectivity index (χ2n) is 5.89. The van der Waals surface area contributed by atoms with Gasteiger partial charge in [0.2, 0.25) is 21.8 Å². The Kier molecular flexibility index (Phi) is 4.69. The lowest BCUT2D eigenvalue weighted by Crippen LogP contribution is -2.30. The average molecular weight is 357 g/mol. The van der Waals surface area contributed by atoms with Gasteiger partial charge in [0.15, 0.2) is 0 Å². The molecule has 0 radical (unpaired) electrons. The van der Waals surface area contributed by atoms with Crippen molar-refractivity contribution in [3.8, 4) is 0 Å². The number of hydrogen-bond donors (Lipinski definition) is 1. The number of rotatable bonds is 5. The molecule has 1 unspecified atom stereocenters. The fourth-order valence-electron chi connectivity index (χ4n) is 2.65. The predicted molar refractivity (Wildman–Crippen MR) is 93.6 cm³/mol. The molecule has 2 aromatic carbocycles. The molecule has 1 atom stereocenters. The summed E-state index contributed by atoms with van der Waals surface area (Å²) in [5.74, 6) is 0.582. The Balaban J connectivity index is 2.03. The number of benzene rings is 2. The van der Waals surface area contributed by atoms with Crippen LogP contribution in [0, 0.1) is 20.8 Å². The Hall–Kier alpha value is -2.51. The molecule has 7 heteroatoms. The molecular formula is C18H19N3O3S. The van der Waals surface area contributed by atoms with E-state index in [1.165, 1.54) is 0 Å². The van der Waals surface area contributed by atoms with Crippen molar-refractivity contribution in [1.82, 2.24) is 14.9 Å². The summed E-state index contributed by atoms with van der Waals surface area (Å²) in [6.07, 6.45) is 0. The summed E-state index contributed by atoms with van der Waals surface area (Å²) in [6, 6.07) is 13.6. The number of aromatic nitrogens is 2. The molecule has 1 aromatic heterocycles. The van der Waals surface area contributed by atoms with Crippen molar-refractivity contribution in [3.63, 3.8) is 0 Å². The molecule has 1 N–H and O–H groups in total. The average Bonchev–Trinajstić information content (AvgIpc) is 2.99. The minimum atomic E-state index is -3.77. The molecule has 0 amide bonds.